The van der Waals surface area contributed by atoms with Gasteiger partial charge in [0.2, 0.25) is 0 Å². The molecule has 1 N–H and O–H groups in total. The van der Waals surface area contributed by atoms with Gasteiger partial charge in [0.15, 0.2) is 5.78 Å². The van der Waals surface area contributed by atoms with Crippen molar-refractivity contribution in [2.24, 2.45) is 11.8 Å². The summed E-state index contributed by atoms with van der Waals surface area (Å²) >= 11 is 0. The Hall–Kier alpha value is -2.39. The van der Waals surface area contributed by atoms with Gasteiger partial charge in [0.05, 0.1) is 5.57 Å². The van der Waals surface area contributed by atoms with E-state index in [4.69, 9.17) is 4.74 Å². The van der Waals surface area contributed by atoms with Crippen LogP contribution in [0, 0.1) is 25.7 Å². The van der Waals surface area contributed by atoms with Crippen LogP contribution < -0.4 is 0 Å². The number of aliphatic hydroxyl groups excluding tert-OH is 1. The van der Waals surface area contributed by atoms with Crippen molar-refractivity contribution in [2.45, 2.75) is 39.5 Å². The number of rotatable bonds is 3. The summed E-state index contributed by atoms with van der Waals surface area (Å²) in [6.45, 7) is 5.61. The molecule has 1 unspecified atom stereocenters. The Morgan fingerprint density at radius 2 is 1.54 bits per heavy atom. The van der Waals surface area contributed by atoms with Gasteiger partial charge in [-0.15, -0.1) is 0 Å². The van der Waals surface area contributed by atoms with Gasteiger partial charge in [-0.25, -0.2) is 0 Å². The van der Waals surface area contributed by atoms with Crippen LogP contribution >= 0.6 is 0 Å². The van der Waals surface area contributed by atoms with E-state index in [0.717, 1.165) is 53.9 Å². The highest BCUT2D eigenvalue weighted by molar-refractivity contribution is 6.22. The molecular weight excluding hydrogens is 348 g/mol. The van der Waals surface area contributed by atoms with Gasteiger partial charge in [0.1, 0.15) is 5.76 Å². The summed E-state index contributed by atoms with van der Waals surface area (Å²) in [7, 11) is 0. The average molecular weight is 376 g/mol. The molecule has 1 atom stereocenters. The van der Waals surface area contributed by atoms with Crippen LogP contribution in [-0.2, 0) is 9.53 Å². The molecule has 2 aromatic carbocycles. The SMILES string of the molecule is Cc1cc(-c2ccccc2)cc(C)c1C1=C(O)CC(C2CCOCC2)CC1=O. The molecule has 1 saturated heterocycles. The van der Waals surface area contributed by atoms with Crippen LogP contribution in [0.15, 0.2) is 48.2 Å². The highest BCUT2D eigenvalue weighted by atomic mass is 16.5. The fourth-order valence-electron chi connectivity index (χ4n) is 4.88. The van der Waals surface area contributed by atoms with Gasteiger partial charge in [0.25, 0.3) is 0 Å². The lowest BCUT2D eigenvalue weighted by molar-refractivity contribution is -0.116. The van der Waals surface area contributed by atoms with Crippen molar-refractivity contribution in [3.05, 3.63) is 64.9 Å². The van der Waals surface area contributed by atoms with Gasteiger partial charge < -0.3 is 9.84 Å². The molecule has 1 heterocycles. The Balaban J connectivity index is 1.67. The van der Waals surface area contributed by atoms with E-state index in [0.29, 0.717) is 24.3 Å². The Kier molecular flexibility index (Phi) is 5.36. The summed E-state index contributed by atoms with van der Waals surface area (Å²) in [6.07, 6.45) is 3.11. The fraction of sp³-hybridized carbons (Fsp3) is 0.400. The minimum Gasteiger partial charge on any atom is -0.512 e. The molecule has 0 radical (unpaired) electrons. The zero-order chi connectivity index (χ0) is 19.7. The van der Waals surface area contributed by atoms with Crippen LogP contribution in [0.5, 0.6) is 0 Å². The molecular formula is C25H28O3. The van der Waals surface area contributed by atoms with Crippen molar-refractivity contribution in [1.82, 2.24) is 0 Å². The number of hydrogen-bond acceptors (Lipinski definition) is 3. The summed E-state index contributed by atoms with van der Waals surface area (Å²) in [5.41, 5.74) is 5.83. The molecule has 4 rings (SSSR count). The van der Waals surface area contributed by atoms with Gasteiger partial charge in [-0.05, 0) is 66.3 Å². The molecule has 0 amide bonds. The summed E-state index contributed by atoms with van der Waals surface area (Å²) in [5, 5.41) is 10.9. The topological polar surface area (TPSA) is 46.5 Å². The van der Waals surface area contributed by atoms with E-state index in [9.17, 15) is 9.90 Å². The van der Waals surface area contributed by atoms with Crippen LogP contribution in [0.3, 0.4) is 0 Å². The zero-order valence-corrected chi connectivity index (χ0v) is 16.7. The van der Waals surface area contributed by atoms with Gasteiger partial charge in [0, 0.05) is 26.1 Å². The van der Waals surface area contributed by atoms with Crippen LogP contribution in [0.4, 0.5) is 0 Å². The minimum atomic E-state index is 0.0823. The standard InChI is InChI=1S/C25H28O3/c1-16-12-20(18-6-4-3-5-7-18)13-17(2)24(16)25-22(26)14-21(15-23(25)27)19-8-10-28-11-9-19/h3-7,12-13,19,21,26H,8-11,14-15H2,1-2H3. The number of aliphatic hydroxyl groups is 1. The first-order valence-corrected chi connectivity index (χ1v) is 10.2. The second-order valence-corrected chi connectivity index (χ2v) is 8.21. The number of benzene rings is 2. The highest BCUT2D eigenvalue weighted by Crippen LogP contribution is 2.41. The third kappa shape index (κ3) is 3.64. The summed E-state index contributed by atoms with van der Waals surface area (Å²) in [5.74, 6) is 1.07. The monoisotopic (exact) mass is 376 g/mol. The van der Waals surface area contributed by atoms with Crippen molar-refractivity contribution in [1.29, 1.82) is 0 Å². The number of ketones is 1. The predicted octanol–water partition coefficient (Wildman–Crippen LogP) is 5.65. The molecule has 2 aromatic rings. The maximum atomic E-state index is 13.1. The van der Waals surface area contributed by atoms with E-state index in [1.807, 2.05) is 32.0 Å². The number of allylic oxidation sites excluding steroid dienone is 2. The van der Waals surface area contributed by atoms with E-state index in [2.05, 4.69) is 24.3 Å². The molecule has 146 valence electrons. The first kappa shape index (κ1) is 18.9. The smallest absolute Gasteiger partial charge is 0.167 e. The maximum Gasteiger partial charge on any atom is 0.167 e. The van der Waals surface area contributed by atoms with E-state index in [1.165, 1.54) is 0 Å². The van der Waals surface area contributed by atoms with Crippen LogP contribution in [-0.4, -0.2) is 24.1 Å². The summed E-state index contributed by atoms with van der Waals surface area (Å²) in [4.78, 5) is 13.1. The molecule has 0 bridgehead atoms. The number of hydrogen-bond donors (Lipinski definition) is 1. The Morgan fingerprint density at radius 1 is 0.893 bits per heavy atom. The molecule has 0 saturated carbocycles. The third-order valence-corrected chi connectivity index (χ3v) is 6.29. The number of carbonyl (C=O) groups is 1. The van der Waals surface area contributed by atoms with Crippen molar-refractivity contribution in [3.8, 4) is 11.1 Å². The van der Waals surface area contributed by atoms with Crippen molar-refractivity contribution >= 4 is 11.4 Å². The lowest BCUT2D eigenvalue weighted by Gasteiger charge is -2.33. The first-order valence-electron chi connectivity index (χ1n) is 10.2. The van der Waals surface area contributed by atoms with Gasteiger partial charge in [-0.3, -0.25) is 4.79 Å². The molecule has 3 nitrogen and oxygen atoms in total. The van der Waals surface area contributed by atoms with E-state index in [-0.39, 0.29) is 17.5 Å². The molecule has 1 aliphatic carbocycles. The number of ether oxygens (including phenoxy) is 1. The fourth-order valence-corrected chi connectivity index (χ4v) is 4.88. The van der Waals surface area contributed by atoms with Gasteiger partial charge in [-0.2, -0.15) is 0 Å². The normalized spacial score (nSPS) is 21.2. The number of carbonyl (C=O) groups excluding carboxylic acids is 1. The van der Waals surface area contributed by atoms with E-state index in [1.54, 1.807) is 0 Å². The van der Waals surface area contributed by atoms with Crippen molar-refractivity contribution in [2.75, 3.05) is 13.2 Å². The molecule has 0 spiro atoms. The highest BCUT2D eigenvalue weighted by Gasteiger charge is 2.34. The maximum absolute atomic E-state index is 13.1. The lowest BCUT2D eigenvalue weighted by Crippen LogP contribution is -2.29. The molecule has 1 fully saturated rings. The van der Waals surface area contributed by atoms with Crippen LogP contribution in [0.25, 0.3) is 16.7 Å². The second kappa shape index (κ2) is 7.92. The van der Waals surface area contributed by atoms with E-state index < -0.39 is 0 Å². The quantitative estimate of drug-likeness (QED) is 0.753. The van der Waals surface area contributed by atoms with Gasteiger partial charge in [-0.1, -0.05) is 42.5 Å². The number of aryl methyl sites for hydroxylation is 2. The Morgan fingerprint density at radius 3 is 2.14 bits per heavy atom. The Labute approximate surface area is 167 Å². The third-order valence-electron chi connectivity index (χ3n) is 6.29. The van der Waals surface area contributed by atoms with Crippen molar-refractivity contribution in [3.63, 3.8) is 0 Å². The predicted molar refractivity (Wildman–Crippen MR) is 112 cm³/mol. The number of Topliss-reactive ketones (excluding diaryl/α,β-unsaturated/α-hetero) is 1. The summed E-state index contributed by atoms with van der Waals surface area (Å²) < 4.78 is 5.45. The van der Waals surface area contributed by atoms with Crippen molar-refractivity contribution < 1.29 is 14.6 Å². The zero-order valence-electron chi connectivity index (χ0n) is 16.7. The summed E-state index contributed by atoms with van der Waals surface area (Å²) in [6, 6.07) is 14.5. The molecule has 3 heteroatoms. The largest absolute Gasteiger partial charge is 0.512 e. The average Bonchev–Trinajstić information content (AvgIpc) is 2.70. The minimum absolute atomic E-state index is 0.0823. The van der Waals surface area contributed by atoms with Crippen LogP contribution in [0.2, 0.25) is 0 Å². The van der Waals surface area contributed by atoms with Gasteiger partial charge >= 0.3 is 0 Å². The molecule has 28 heavy (non-hydrogen) atoms. The second-order valence-electron chi connectivity index (χ2n) is 8.21. The Bertz CT molecular complexity index is 882. The van der Waals surface area contributed by atoms with E-state index >= 15 is 0 Å². The lowest BCUT2D eigenvalue weighted by atomic mass is 9.74. The molecule has 1 aliphatic heterocycles. The van der Waals surface area contributed by atoms with Crippen LogP contribution in [0.1, 0.15) is 42.4 Å². The first-order chi connectivity index (χ1) is 13.5. The molecule has 2 aliphatic rings. The molecule has 0 aromatic heterocycles.